The third kappa shape index (κ3) is 5.39. The number of rotatable bonds is 4. The highest BCUT2D eigenvalue weighted by molar-refractivity contribution is 5.66. The monoisotopic (exact) mass is 468 g/mol. The molecule has 2 aromatic carbocycles. The summed E-state index contributed by atoms with van der Waals surface area (Å²) < 4.78 is 84.5. The van der Waals surface area contributed by atoms with E-state index >= 15 is 0 Å². The summed E-state index contributed by atoms with van der Waals surface area (Å²) in [5.41, 5.74) is -0.0633. The molecule has 4 rings (SSSR count). The second kappa shape index (κ2) is 9.43. The maximum absolute atomic E-state index is 14.9. The van der Waals surface area contributed by atoms with Gasteiger partial charge in [0, 0.05) is 0 Å². The van der Waals surface area contributed by atoms with Gasteiger partial charge in [0.15, 0.2) is 11.6 Å². The van der Waals surface area contributed by atoms with Crippen molar-refractivity contribution in [2.75, 3.05) is 0 Å². The van der Waals surface area contributed by atoms with Gasteiger partial charge in [-0.15, -0.1) is 13.2 Å². The van der Waals surface area contributed by atoms with Gasteiger partial charge < -0.3 is 4.74 Å². The molecule has 0 spiro atoms. The van der Waals surface area contributed by atoms with Crippen LogP contribution in [0.25, 0.3) is 11.1 Å². The van der Waals surface area contributed by atoms with Crippen LogP contribution in [0.3, 0.4) is 0 Å². The van der Waals surface area contributed by atoms with E-state index in [2.05, 4.69) is 16.9 Å². The first-order valence-electron chi connectivity index (χ1n) is 11.3. The van der Waals surface area contributed by atoms with Gasteiger partial charge in [-0.1, -0.05) is 18.2 Å². The largest absolute Gasteiger partial charge is 0.573 e. The number of halogens is 6. The van der Waals surface area contributed by atoms with Crippen LogP contribution in [0.5, 0.6) is 5.75 Å². The smallest absolute Gasteiger partial charge is 0.403 e. The average molecular weight is 468 g/mol. The van der Waals surface area contributed by atoms with Crippen LogP contribution in [-0.4, -0.2) is 6.36 Å². The van der Waals surface area contributed by atoms with Crippen molar-refractivity contribution in [3.63, 3.8) is 0 Å². The van der Waals surface area contributed by atoms with E-state index in [0.717, 1.165) is 44.2 Å². The lowest BCUT2D eigenvalue weighted by atomic mass is 9.64. The van der Waals surface area contributed by atoms with Crippen molar-refractivity contribution in [2.24, 2.45) is 17.8 Å². The molecule has 0 radical (unpaired) electrons. The van der Waals surface area contributed by atoms with Crippen LogP contribution in [0.2, 0.25) is 0 Å². The Morgan fingerprint density at radius 2 is 1.52 bits per heavy atom. The van der Waals surface area contributed by atoms with Crippen LogP contribution in [-0.2, 0) is 0 Å². The number of hydrogen-bond donors (Lipinski definition) is 0. The second-order valence-electron chi connectivity index (χ2n) is 9.18. The molecule has 33 heavy (non-hydrogen) atoms. The van der Waals surface area contributed by atoms with Gasteiger partial charge in [0.05, 0.1) is 5.56 Å². The summed E-state index contributed by atoms with van der Waals surface area (Å²) in [7, 11) is 0. The van der Waals surface area contributed by atoms with Crippen LogP contribution < -0.4 is 4.74 Å². The van der Waals surface area contributed by atoms with E-state index in [1.54, 1.807) is 0 Å². The summed E-state index contributed by atoms with van der Waals surface area (Å²) in [6, 6.07) is 4.95. The molecule has 0 bridgehead atoms. The average Bonchev–Trinajstić information content (AvgIpc) is 2.74. The first-order valence-corrected chi connectivity index (χ1v) is 11.3. The lowest BCUT2D eigenvalue weighted by Gasteiger charge is -2.42. The highest BCUT2D eigenvalue weighted by Crippen LogP contribution is 2.48. The Kier molecular flexibility index (Phi) is 6.78. The highest BCUT2D eigenvalue weighted by Gasteiger charge is 2.36. The topological polar surface area (TPSA) is 9.23 Å². The number of benzene rings is 2. The minimum absolute atomic E-state index is 0.0573. The quantitative estimate of drug-likeness (QED) is 0.323. The van der Waals surface area contributed by atoms with Gasteiger partial charge in [-0.3, -0.25) is 0 Å². The summed E-state index contributed by atoms with van der Waals surface area (Å²) >= 11 is 0. The fourth-order valence-electron chi connectivity index (χ4n) is 5.64. The molecule has 2 fully saturated rings. The Morgan fingerprint density at radius 3 is 2.15 bits per heavy atom. The zero-order valence-electron chi connectivity index (χ0n) is 18.3. The van der Waals surface area contributed by atoms with Gasteiger partial charge in [0.1, 0.15) is 11.6 Å². The number of alkyl halides is 3. The first-order chi connectivity index (χ1) is 15.6. The molecule has 7 heteroatoms. The Balaban J connectivity index is 1.52. The van der Waals surface area contributed by atoms with Crippen molar-refractivity contribution in [3.05, 3.63) is 65.5 Å². The van der Waals surface area contributed by atoms with Gasteiger partial charge in [-0.25, -0.2) is 13.2 Å². The summed E-state index contributed by atoms with van der Waals surface area (Å²) in [6.45, 7) is 2.04. The fraction of sp³-hybridized carbons (Fsp3) is 0.462. The predicted molar refractivity (Wildman–Crippen MR) is 114 cm³/mol. The van der Waals surface area contributed by atoms with Gasteiger partial charge in [0.2, 0.25) is 0 Å². The molecule has 1 nitrogen and oxygen atoms in total. The zero-order chi connectivity index (χ0) is 23.8. The van der Waals surface area contributed by atoms with Crippen LogP contribution in [0.15, 0.2) is 42.5 Å². The SMILES string of the molecule is C/C=C/C1CCC2CC(c3cc(F)c(-c4ccc(OC(F)(F)F)c(F)c4)c(F)c3)CCC2C1. The zero-order valence-corrected chi connectivity index (χ0v) is 18.3. The van der Waals surface area contributed by atoms with Crippen molar-refractivity contribution in [1.82, 2.24) is 0 Å². The van der Waals surface area contributed by atoms with Crippen molar-refractivity contribution in [2.45, 2.75) is 57.7 Å². The van der Waals surface area contributed by atoms with Gasteiger partial charge in [0.25, 0.3) is 0 Å². The molecule has 0 N–H and O–H groups in total. The summed E-state index contributed by atoms with van der Waals surface area (Å²) in [6.07, 6.45) is 5.52. The van der Waals surface area contributed by atoms with Gasteiger partial charge in [-0.05, 0) is 105 Å². The summed E-state index contributed by atoms with van der Waals surface area (Å²) in [4.78, 5) is 0. The molecule has 0 amide bonds. The van der Waals surface area contributed by atoms with Crippen molar-refractivity contribution < 1.29 is 31.1 Å². The number of fused-ring (bicyclic) bond motifs is 1. The lowest BCUT2D eigenvalue weighted by molar-refractivity contribution is -0.275. The van der Waals surface area contributed by atoms with Crippen molar-refractivity contribution in [3.8, 4) is 16.9 Å². The molecular weight excluding hydrogens is 442 g/mol. The van der Waals surface area contributed by atoms with E-state index in [0.29, 0.717) is 29.4 Å². The standard InChI is InChI=1S/C26H26F6O/c1-2-3-15-4-5-17-11-18(7-6-16(17)10-15)20-13-22(28)25(23(29)14-20)19-8-9-24(21(27)12-19)33-26(30,31)32/h2-3,8-9,12-18H,4-7,10-11H2,1H3/b3-2+. The maximum atomic E-state index is 14.9. The van der Waals surface area contributed by atoms with Crippen LogP contribution in [0, 0.1) is 35.2 Å². The van der Waals surface area contributed by atoms with Crippen molar-refractivity contribution in [1.29, 1.82) is 0 Å². The third-order valence-electron chi connectivity index (χ3n) is 7.10. The van der Waals surface area contributed by atoms with E-state index in [1.165, 1.54) is 18.6 Å². The molecule has 178 valence electrons. The first kappa shape index (κ1) is 23.7. The number of hydrogen-bond acceptors (Lipinski definition) is 1. The van der Waals surface area contributed by atoms with E-state index in [-0.39, 0.29) is 11.5 Å². The molecule has 2 saturated carbocycles. The normalized spacial score (nSPS) is 25.8. The molecule has 2 aromatic rings. The summed E-state index contributed by atoms with van der Waals surface area (Å²) in [5.74, 6) is -2.24. The van der Waals surface area contributed by atoms with E-state index in [1.807, 2.05) is 6.92 Å². The molecule has 2 aliphatic carbocycles. The van der Waals surface area contributed by atoms with Gasteiger partial charge in [-0.2, -0.15) is 0 Å². The Morgan fingerprint density at radius 1 is 0.848 bits per heavy atom. The second-order valence-corrected chi connectivity index (χ2v) is 9.18. The van der Waals surface area contributed by atoms with Crippen LogP contribution in [0.1, 0.15) is 56.9 Å². The lowest BCUT2D eigenvalue weighted by Crippen LogP contribution is -2.30. The minimum Gasteiger partial charge on any atom is -0.403 e. The third-order valence-corrected chi connectivity index (χ3v) is 7.10. The molecule has 2 aliphatic rings. The van der Waals surface area contributed by atoms with E-state index in [4.69, 9.17) is 0 Å². The van der Waals surface area contributed by atoms with Gasteiger partial charge >= 0.3 is 6.36 Å². The number of allylic oxidation sites excluding steroid dienone is 2. The Hall–Kier alpha value is -2.44. The maximum Gasteiger partial charge on any atom is 0.573 e. The molecule has 0 saturated heterocycles. The minimum atomic E-state index is -5.06. The predicted octanol–water partition coefficient (Wildman–Crippen LogP) is 8.55. The Labute approximate surface area is 189 Å². The molecule has 4 atom stereocenters. The number of ether oxygens (including phenoxy) is 1. The van der Waals surface area contributed by atoms with E-state index < -0.39 is 35.1 Å². The van der Waals surface area contributed by atoms with Crippen molar-refractivity contribution >= 4 is 0 Å². The van der Waals surface area contributed by atoms with Crippen LogP contribution in [0.4, 0.5) is 26.3 Å². The van der Waals surface area contributed by atoms with Crippen LogP contribution >= 0.6 is 0 Å². The molecule has 0 aromatic heterocycles. The molecule has 4 unspecified atom stereocenters. The summed E-state index contributed by atoms with van der Waals surface area (Å²) in [5, 5.41) is 0. The highest BCUT2D eigenvalue weighted by atomic mass is 19.4. The molecule has 0 aliphatic heterocycles. The Bertz CT molecular complexity index is 1000. The van der Waals surface area contributed by atoms with E-state index in [9.17, 15) is 26.3 Å². The molecular formula is C26H26F6O. The fourth-order valence-corrected chi connectivity index (χ4v) is 5.64. The molecule has 0 heterocycles.